The van der Waals surface area contributed by atoms with E-state index in [9.17, 15) is 10.2 Å². The maximum Gasteiger partial charge on any atom is 0.175 e. The summed E-state index contributed by atoms with van der Waals surface area (Å²) >= 11 is 0. The van der Waals surface area contributed by atoms with Crippen molar-refractivity contribution in [2.75, 3.05) is 6.61 Å². The highest BCUT2D eigenvalue weighted by Gasteiger charge is 2.65. The standard InChI is InChI=1S/C25H38O3/c1-16(2)7-6-8-17(3)19-11-12-23(4)13-21-22-18(9-10-20(19)23)14-28-25(22,27)15-24(21,5)26/h6-9,17,19-22,26-27H,10-15H2,1-5H3/b8-6-,18-9-/t17-,19+,20-,21-,22-,23+,24+,25?/m0/s1. The summed E-state index contributed by atoms with van der Waals surface area (Å²) in [5, 5.41) is 22.2. The molecule has 0 radical (unpaired) electrons. The van der Waals surface area contributed by atoms with Gasteiger partial charge in [-0.25, -0.2) is 0 Å². The van der Waals surface area contributed by atoms with Crippen LogP contribution in [0.4, 0.5) is 0 Å². The van der Waals surface area contributed by atoms with Crippen LogP contribution in [0.1, 0.15) is 66.7 Å². The molecule has 2 N–H and O–H groups in total. The molecule has 1 unspecified atom stereocenters. The van der Waals surface area contributed by atoms with E-state index < -0.39 is 11.4 Å². The maximum absolute atomic E-state index is 11.2. The fourth-order valence-electron chi connectivity index (χ4n) is 7.03. The molecule has 0 aromatic rings. The zero-order chi connectivity index (χ0) is 20.3. The number of aliphatic hydroxyl groups is 2. The normalized spacial score (nSPS) is 50.5. The van der Waals surface area contributed by atoms with Gasteiger partial charge in [-0.2, -0.15) is 0 Å². The molecular formula is C25H38O3. The van der Waals surface area contributed by atoms with Crippen LogP contribution >= 0.6 is 0 Å². The van der Waals surface area contributed by atoms with Gasteiger partial charge >= 0.3 is 0 Å². The minimum absolute atomic E-state index is 0.0330. The SMILES string of the molecule is CC(C)=C/C=C\[C@H](C)[C@H]1CC[C@]2(C)C[C@H]3[C@@H]4/C(=C\C[C@@H]12)COC4(O)C[C@@]3(C)O. The average Bonchev–Trinajstić information content (AvgIpc) is 3.11. The molecule has 3 fully saturated rings. The summed E-state index contributed by atoms with van der Waals surface area (Å²) in [5.74, 6) is 0.729. The van der Waals surface area contributed by atoms with Crippen molar-refractivity contribution in [1.29, 1.82) is 0 Å². The van der Waals surface area contributed by atoms with Crippen LogP contribution in [0.5, 0.6) is 0 Å². The lowest BCUT2D eigenvalue weighted by molar-refractivity contribution is -0.191. The molecule has 3 aliphatic carbocycles. The molecule has 2 saturated carbocycles. The van der Waals surface area contributed by atoms with E-state index in [1.165, 1.54) is 24.0 Å². The smallest absolute Gasteiger partial charge is 0.175 e. The van der Waals surface area contributed by atoms with E-state index in [1.807, 2.05) is 6.92 Å². The zero-order valence-electron chi connectivity index (χ0n) is 18.2. The van der Waals surface area contributed by atoms with Crippen LogP contribution in [0.25, 0.3) is 0 Å². The Kier molecular flexibility index (Phi) is 4.96. The van der Waals surface area contributed by atoms with E-state index in [2.05, 4.69) is 52.0 Å². The third-order valence-electron chi connectivity index (χ3n) is 8.49. The van der Waals surface area contributed by atoms with Crippen LogP contribution in [-0.4, -0.2) is 28.2 Å². The highest BCUT2D eigenvalue weighted by molar-refractivity contribution is 5.26. The van der Waals surface area contributed by atoms with Crippen LogP contribution in [0.2, 0.25) is 0 Å². The van der Waals surface area contributed by atoms with Gasteiger partial charge in [-0.3, -0.25) is 0 Å². The maximum atomic E-state index is 11.2. The van der Waals surface area contributed by atoms with Crippen molar-refractivity contribution in [3.05, 3.63) is 35.5 Å². The lowest BCUT2D eigenvalue weighted by Gasteiger charge is -2.43. The monoisotopic (exact) mass is 386 g/mol. The quantitative estimate of drug-likeness (QED) is 0.530. The Morgan fingerprint density at radius 2 is 2.00 bits per heavy atom. The summed E-state index contributed by atoms with van der Waals surface area (Å²) in [6.45, 7) is 11.5. The fourth-order valence-corrected chi connectivity index (χ4v) is 7.03. The van der Waals surface area contributed by atoms with E-state index in [-0.39, 0.29) is 17.3 Å². The Morgan fingerprint density at radius 3 is 2.71 bits per heavy atom. The number of fused-ring (bicyclic) bond motifs is 1. The van der Waals surface area contributed by atoms with Gasteiger partial charge in [0, 0.05) is 12.3 Å². The van der Waals surface area contributed by atoms with Crippen LogP contribution in [0, 0.1) is 35.0 Å². The summed E-state index contributed by atoms with van der Waals surface area (Å²) in [6.07, 6.45) is 14.0. The second-order valence-electron chi connectivity index (χ2n) is 10.9. The van der Waals surface area contributed by atoms with Crippen molar-refractivity contribution in [1.82, 2.24) is 0 Å². The van der Waals surface area contributed by atoms with Crippen LogP contribution < -0.4 is 0 Å². The molecule has 0 aromatic heterocycles. The average molecular weight is 387 g/mol. The lowest BCUT2D eigenvalue weighted by Crippen LogP contribution is -2.40. The van der Waals surface area contributed by atoms with E-state index in [0.717, 1.165) is 12.8 Å². The molecule has 156 valence electrons. The van der Waals surface area contributed by atoms with Gasteiger partial charge in [0.15, 0.2) is 5.79 Å². The molecule has 4 rings (SSSR count). The summed E-state index contributed by atoms with van der Waals surface area (Å²) in [4.78, 5) is 0. The zero-order valence-corrected chi connectivity index (χ0v) is 18.2. The Hall–Kier alpha value is -0.900. The molecule has 28 heavy (non-hydrogen) atoms. The first kappa shape index (κ1) is 20.4. The molecule has 0 aromatic carbocycles. The Morgan fingerprint density at radius 1 is 1.25 bits per heavy atom. The first-order valence-corrected chi connectivity index (χ1v) is 11.2. The van der Waals surface area contributed by atoms with Crippen LogP contribution in [0.15, 0.2) is 35.5 Å². The number of ether oxygens (including phenoxy) is 1. The van der Waals surface area contributed by atoms with Gasteiger partial charge < -0.3 is 14.9 Å². The van der Waals surface area contributed by atoms with Gasteiger partial charge in [0.2, 0.25) is 0 Å². The minimum atomic E-state index is -1.17. The van der Waals surface area contributed by atoms with E-state index >= 15 is 0 Å². The predicted molar refractivity (Wildman–Crippen MR) is 112 cm³/mol. The summed E-state index contributed by atoms with van der Waals surface area (Å²) in [7, 11) is 0. The molecule has 1 saturated heterocycles. The van der Waals surface area contributed by atoms with E-state index in [4.69, 9.17) is 4.74 Å². The Labute approximate surface area is 170 Å². The topological polar surface area (TPSA) is 49.7 Å². The molecule has 0 bridgehead atoms. The fraction of sp³-hybridized carbons (Fsp3) is 0.760. The third-order valence-corrected chi connectivity index (χ3v) is 8.49. The lowest BCUT2D eigenvalue weighted by atomic mass is 9.63. The molecule has 1 aliphatic heterocycles. The second kappa shape index (κ2) is 6.82. The number of allylic oxidation sites excluding steroid dienone is 5. The van der Waals surface area contributed by atoms with Crippen molar-refractivity contribution in [2.24, 2.45) is 35.0 Å². The van der Waals surface area contributed by atoms with Crippen molar-refractivity contribution in [3.63, 3.8) is 0 Å². The van der Waals surface area contributed by atoms with Gasteiger partial charge in [0.25, 0.3) is 0 Å². The summed E-state index contributed by atoms with van der Waals surface area (Å²) < 4.78 is 5.84. The van der Waals surface area contributed by atoms with Crippen molar-refractivity contribution in [2.45, 2.75) is 78.1 Å². The van der Waals surface area contributed by atoms with E-state index in [1.54, 1.807) is 0 Å². The second-order valence-corrected chi connectivity index (χ2v) is 10.9. The molecule has 8 atom stereocenters. The van der Waals surface area contributed by atoms with Gasteiger partial charge in [0.1, 0.15) is 0 Å². The number of hydrogen-bond acceptors (Lipinski definition) is 3. The molecule has 3 nitrogen and oxygen atoms in total. The highest BCUT2D eigenvalue weighted by Crippen LogP contribution is 2.63. The molecular weight excluding hydrogens is 348 g/mol. The summed E-state index contributed by atoms with van der Waals surface area (Å²) in [6, 6.07) is 0. The first-order valence-electron chi connectivity index (χ1n) is 11.2. The Balaban J connectivity index is 1.63. The van der Waals surface area contributed by atoms with E-state index in [0.29, 0.717) is 30.8 Å². The highest BCUT2D eigenvalue weighted by atomic mass is 16.6. The van der Waals surface area contributed by atoms with Gasteiger partial charge in [0.05, 0.1) is 12.2 Å². The van der Waals surface area contributed by atoms with Crippen LogP contribution in [-0.2, 0) is 4.74 Å². The van der Waals surface area contributed by atoms with Gasteiger partial charge in [-0.1, -0.05) is 43.7 Å². The van der Waals surface area contributed by atoms with Crippen LogP contribution in [0.3, 0.4) is 0 Å². The summed E-state index contributed by atoms with van der Waals surface area (Å²) in [5.41, 5.74) is 1.91. The largest absolute Gasteiger partial charge is 0.390 e. The number of rotatable bonds is 3. The van der Waals surface area contributed by atoms with Crippen molar-refractivity contribution in [3.8, 4) is 0 Å². The Bertz CT molecular complexity index is 713. The first-order chi connectivity index (χ1) is 13.1. The van der Waals surface area contributed by atoms with Gasteiger partial charge in [-0.15, -0.1) is 0 Å². The molecule has 1 heterocycles. The number of hydrogen-bond donors (Lipinski definition) is 2. The van der Waals surface area contributed by atoms with Gasteiger partial charge in [-0.05, 0) is 81.1 Å². The molecule has 0 amide bonds. The molecule has 4 aliphatic rings. The minimum Gasteiger partial charge on any atom is -0.390 e. The van der Waals surface area contributed by atoms with Crippen molar-refractivity contribution < 1.29 is 14.9 Å². The molecule has 3 heteroatoms. The predicted octanol–water partition coefficient (Wildman–Crippen LogP) is 5.00. The molecule has 0 spiro atoms. The third kappa shape index (κ3) is 3.24. The van der Waals surface area contributed by atoms with Crippen molar-refractivity contribution >= 4 is 0 Å².